The number of hydrogen-bond acceptors (Lipinski definition) is 6. The van der Waals surface area contributed by atoms with Crippen molar-refractivity contribution in [3.8, 4) is 17.2 Å². The van der Waals surface area contributed by atoms with Crippen LogP contribution in [-0.2, 0) is 4.74 Å². The van der Waals surface area contributed by atoms with Gasteiger partial charge in [-0.15, -0.1) is 0 Å². The first-order valence-electron chi connectivity index (χ1n) is 11.8. The fraction of sp³-hybridized carbons (Fsp3) is 0.462. The summed E-state index contributed by atoms with van der Waals surface area (Å²) in [4.78, 5) is 35.1. The molecule has 0 spiro atoms. The molecule has 2 amide bonds. The van der Waals surface area contributed by atoms with Gasteiger partial charge in [-0.1, -0.05) is 23.2 Å². The topological polar surface area (TPSA) is 89.8 Å². The Labute approximate surface area is 221 Å². The van der Waals surface area contributed by atoms with Gasteiger partial charge in [-0.3, -0.25) is 9.69 Å². The molecule has 10 heteroatoms. The molecule has 2 atom stereocenters. The molecule has 2 aliphatic heterocycles. The Kier molecular flexibility index (Phi) is 7.09. The molecule has 36 heavy (non-hydrogen) atoms. The molecular formula is C26H29Cl2N5O3. The summed E-state index contributed by atoms with van der Waals surface area (Å²) in [5.74, 6) is 0.293. The van der Waals surface area contributed by atoms with E-state index in [1.54, 1.807) is 38.5 Å². The number of hydrogen-bond donors (Lipinski definition) is 0. The van der Waals surface area contributed by atoms with Gasteiger partial charge in [0, 0.05) is 38.9 Å². The highest BCUT2D eigenvalue weighted by atomic mass is 35.5. The van der Waals surface area contributed by atoms with Crippen molar-refractivity contribution < 1.29 is 14.3 Å². The minimum atomic E-state index is -0.553. The number of anilines is 1. The van der Waals surface area contributed by atoms with Crippen molar-refractivity contribution in [3.63, 3.8) is 0 Å². The number of piperazine rings is 1. The van der Waals surface area contributed by atoms with Gasteiger partial charge in [-0.25, -0.2) is 9.78 Å². The Morgan fingerprint density at radius 3 is 2.17 bits per heavy atom. The number of nitriles is 1. The summed E-state index contributed by atoms with van der Waals surface area (Å²) in [7, 11) is 3.26. The third-order valence-electron chi connectivity index (χ3n) is 6.37. The summed E-state index contributed by atoms with van der Waals surface area (Å²) >= 11 is 12.8. The first-order valence-corrected chi connectivity index (χ1v) is 12.5. The number of rotatable bonds is 3. The number of carbonyl (C=O) groups is 2. The van der Waals surface area contributed by atoms with Crippen LogP contribution in [0.15, 0.2) is 24.4 Å². The molecule has 3 heterocycles. The molecular weight excluding hydrogens is 501 g/mol. The van der Waals surface area contributed by atoms with Gasteiger partial charge in [-0.05, 0) is 57.4 Å². The predicted molar refractivity (Wildman–Crippen MR) is 140 cm³/mol. The number of fused-ring (bicyclic) bond motifs is 2. The van der Waals surface area contributed by atoms with Gasteiger partial charge in [0.2, 0.25) is 0 Å². The summed E-state index contributed by atoms with van der Waals surface area (Å²) in [6, 6.07) is 7.33. The van der Waals surface area contributed by atoms with Crippen LogP contribution in [0.1, 0.15) is 49.5 Å². The average Bonchev–Trinajstić information content (AvgIpc) is 3.06. The SMILES string of the molecule is CN(C)C(=O)c1c(Cl)cc(-c2cnc(N3CC4CCC(C3)N4C(=O)OC(C)(C)C)c(C#N)c2)cc1Cl. The Morgan fingerprint density at radius 1 is 1.08 bits per heavy atom. The van der Waals surface area contributed by atoms with Crippen LogP contribution in [0.25, 0.3) is 11.1 Å². The van der Waals surface area contributed by atoms with Gasteiger partial charge in [-0.2, -0.15) is 5.26 Å². The molecule has 4 rings (SSSR count). The Morgan fingerprint density at radius 2 is 1.67 bits per heavy atom. The molecule has 0 N–H and O–H groups in total. The Balaban J connectivity index is 1.59. The maximum atomic E-state index is 12.8. The van der Waals surface area contributed by atoms with E-state index in [1.165, 1.54) is 4.90 Å². The van der Waals surface area contributed by atoms with Gasteiger partial charge in [0.15, 0.2) is 0 Å². The second kappa shape index (κ2) is 9.79. The van der Waals surface area contributed by atoms with Crippen molar-refractivity contribution in [1.29, 1.82) is 5.26 Å². The second-order valence-electron chi connectivity index (χ2n) is 10.4. The number of benzene rings is 1. The molecule has 2 unspecified atom stereocenters. The summed E-state index contributed by atoms with van der Waals surface area (Å²) < 4.78 is 5.62. The third-order valence-corrected chi connectivity index (χ3v) is 6.96. The number of halogens is 2. The van der Waals surface area contributed by atoms with E-state index in [4.69, 9.17) is 27.9 Å². The predicted octanol–water partition coefficient (Wildman–Crippen LogP) is 5.22. The maximum absolute atomic E-state index is 12.8. The lowest BCUT2D eigenvalue weighted by Crippen LogP contribution is -2.57. The lowest BCUT2D eigenvalue weighted by Gasteiger charge is -2.42. The van der Waals surface area contributed by atoms with Crippen LogP contribution in [0.3, 0.4) is 0 Å². The largest absolute Gasteiger partial charge is 0.444 e. The zero-order chi connectivity index (χ0) is 26.4. The monoisotopic (exact) mass is 529 g/mol. The summed E-state index contributed by atoms with van der Waals surface area (Å²) in [5, 5.41) is 10.4. The fourth-order valence-corrected chi connectivity index (χ4v) is 5.45. The smallest absolute Gasteiger partial charge is 0.410 e. The number of amides is 2. The Bertz CT molecular complexity index is 1210. The van der Waals surface area contributed by atoms with E-state index in [0.29, 0.717) is 35.6 Å². The molecule has 1 aromatic heterocycles. The highest BCUT2D eigenvalue weighted by molar-refractivity contribution is 6.40. The number of carbonyl (C=O) groups excluding carboxylic acids is 2. The second-order valence-corrected chi connectivity index (χ2v) is 11.2. The molecule has 2 saturated heterocycles. The van der Waals surface area contributed by atoms with E-state index in [2.05, 4.69) is 16.0 Å². The quantitative estimate of drug-likeness (QED) is 0.541. The minimum absolute atomic E-state index is 0.00557. The molecule has 1 aromatic carbocycles. The van der Waals surface area contributed by atoms with Crippen molar-refractivity contribution in [2.45, 2.75) is 51.3 Å². The first kappa shape index (κ1) is 26.1. The molecule has 0 aliphatic carbocycles. The molecule has 0 saturated carbocycles. The normalized spacial score (nSPS) is 19.2. The van der Waals surface area contributed by atoms with Gasteiger partial charge >= 0.3 is 6.09 Å². The zero-order valence-electron chi connectivity index (χ0n) is 21.0. The van der Waals surface area contributed by atoms with E-state index in [0.717, 1.165) is 12.8 Å². The maximum Gasteiger partial charge on any atom is 0.410 e. The molecule has 190 valence electrons. The van der Waals surface area contributed by atoms with Crippen molar-refractivity contribution in [2.24, 2.45) is 0 Å². The molecule has 0 radical (unpaired) electrons. The fourth-order valence-electron chi connectivity index (χ4n) is 4.81. The van der Waals surface area contributed by atoms with Crippen LogP contribution in [0.4, 0.5) is 10.6 Å². The summed E-state index contributed by atoms with van der Waals surface area (Å²) in [6.07, 6.45) is 3.15. The van der Waals surface area contributed by atoms with E-state index in [9.17, 15) is 14.9 Å². The molecule has 2 fully saturated rings. The van der Waals surface area contributed by atoms with Crippen molar-refractivity contribution in [3.05, 3.63) is 45.6 Å². The summed E-state index contributed by atoms with van der Waals surface area (Å²) in [6.45, 7) is 6.75. The molecule has 2 aliphatic rings. The van der Waals surface area contributed by atoms with Crippen LogP contribution in [0, 0.1) is 11.3 Å². The lowest BCUT2D eigenvalue weighted by atomic mass is 10.0. The van der Waals surface area contributed by atoms with Crippen molar-refractivity contribution in [2.75, 3.05) is 32.1 Å². The van der Waals surface area contributed by atoms with Crippen LogP contribution in [-0.4, -0.2) is 71.7 Å². The van der Waals surface area contributed by atoms with Crippen LogP contribution < -0.4 is 4.90 Å². The molecule has 2 bridgehead atoms. The van der Waals surface area contributed by atoms with Crippen LogP contribution in [0.5, 0.6) is 0 Å². The van der Waals surface area contributed by atoms with Gasteiger partial charge in [0.1, 0.15) is 17.5 Å². The number of ether oxygens (including phenoxy) is 1. The molecule has 8 nitrogen and oxygen atoms in total. The van der Waals surface area contributed by atoms with Gasteiger partial charge in [0.05, 0.1) is 33.3 Å². The molecule has 2 aromatic rings. The highest BCUT2D eigenvalue weighted by Crippen LogP contribution is 2.36. The third kappa shape index (κ3) is 5.09. The van der Waals surface area contributed by atoms with E-state index < -0.39 is 5.60 Å². The van der Waals surface area contributed by atoms with Crippen LogP contribution in [0.2, 0.25) is 10.0 Å². The number of aromatic nitrogens is 1. The van der Waals surface area contributed by atoms with E-state index >= 15 is 0 Å². The van der Waals surface area contributed by atoms with E-state index in [-0.39, 0.29) is 39.7 Å². The van der Waals surface area contributed by atoms with Gasteiger partial charge < -0.3 is 14.5 Å². The highest BCUT2D eigenvalue weighted by Gasteiger charge is 2.45. The van der Waals surface area contributed by atoms with E-state index in [1.807, 2.05) is 25.7 Å². The minimum Gasteiger partial charge on any atom is -0.444 e. The van der Waals surface area contributed by atoms with Gasteiger partial charge in [0.25, 0.3) is 5.91 Å². The number of nitrogens with zero attached hydrogens (tertiary/aromatic N) is 5. The van der Waals surface area contributed by atoms with Crippen molar-refractivity contribution >= 4 is 41.0 Å². The first-order chi connectivity index (χ1) is 16.9. The standard InChI is InChI=1S/C26H29Cl2N5O3/c1-26(2,3)36-25(35)33-18-6-7-19(33)14-32(13-18)23-16(11-29)8-17(12-30-23)15-9-20(27)22(21(28)10-15)24(34)31(4)5/h8-10,12,18-19H,6-7,13-14H2,1-5H3. The zero-order valence-corrected chi connectivity index (χ0v) is 22.5. The summed E-state index contributed by atoms with van der Waals surface area (Å²) in [5.41, 5.74) is 1.42. The van der Waals surface area contributed by atoms with Crippen molar-refractivity contribution in [1.82, 2.24) is 14.8 Å². The average molecular weight is 530 g/mol. The van der Waals surface area contributed by atoms with Crippen LogP contribution >= 0.6 is 23.2 Å². The lowest BCUT2D eigenvalue weighted by molar-refractivity contribution is 0.0122. The Hall–Kier alpha value is -3.02. The number of pyridine rings is 1.